The summed E-state index contributed by atoms with van der Waals surface area (Å²) in [5.41, 5.74) is 2.10. The fourth-order valence-corrected chi connectivity index (χ4v) is 3.47. The van der Waals surface area contributed by atoms with Crippen molar-refractivity contribution in [1.29, 1.82) is 0 Å². The minimum Gasteiger partial charge on any atom is -0.384 e. The van der Waals surface area contributed by atoms with Gasteiger partial charge in [-0.1, -0.05) is 38.1 Å². The van der Waals surface area contributed by atoms with Crippen LogP contribution in [0.4, 0.5) is 0 Å². The van der Waals surface area contributed by atoms with Crippen LogP contribution in [0.15, 0.2) is 24.3 Å². The van der Waals surface area contributed by atoms with E-state index in [0.717, 1.165) is 37.9 Å². The van der Waals surface area contributed by atoms with Gasteiger partial charge >= 0.3 is 0 Å². The predicted octanol–water partition coefficient (Wildman–Crippen LogP) is 3.50. The van der Waals surface area contributed by atoms with E-state index in [1.165, 1.54) is 5.56 Å². The molecule has 4 nitrogen and oxygen atoms in total. The fraction of sp³-hybridized carbons (Fsp3) is 0.650. The van der Waals surface area contributed by atoms with Crippen molar-refractivity contribution in [2.75, 3.05) is 26.8 Å². The smallest absolute Gasteiger partial charge is 0.229 e. The van der Waals surface area contributed by atoms with Gasteiger partial charge in [-0.2, -0.15) is 0 Å². The van der Waals surface area contributed by atoms with Crippen LogP contribution in [0.5, 0.6) is 0 Å². The third-order valence-corrected chi connectivity index (χ3v) is 4.93. The summed E-state index contributed by atoms with van der Waals surface area (Å²) in [4.78, 5) is 12.9. The number of rotatable bonds is 7. The predicted molar refractivity (Wildman–Crippen MR) is 105 cm³/mol. The van der Waals surface area contributed by atoms with Gasteiger partial charge in [-0.05, 0) is 56.3 Å². The number of carbonyl (C=O) groups is 1. The minimum absolute atomic E-state index is 0. The van der Waals surface area contributed by atoms with E-state index in [2.05, 4.69) is 55.7 Å². The van der Waals surface area contributed by atoms with Crippen LogP contribution in [0, 0.1) is 11.3 Å². The first-order valence-corrected chi connectivity index (χ1v) is 9.06. The second-order valence-corrected chi connectivity index (χ2v) is 7.50. The molecule has 0 spiro atoms. The van der Waals surface area contributed by atoms with Crippen molar-refractivity contribution in [3.63, 3.8) is 0 Å². The summed E-state index contributed by atoms with van der Waals surface area (Å²) in [6.07, 6.45) is 2.74. The Morgan fingerprint density at radius 3 is 2.32 bits per heavy atom. The molecule has 1 unspecified atom stereocenters. The maximum atomic E-state index is 12.9. The average molecular weight is 369 g/mol. The lowest BCUT2D eigenvalue weighted by Crippen LogP contribution is -2.50. The molecule has 1 amide bonds. The molecular weight excluding hydrogens is 336 g/mol. The number of piperidine rings is 1. The van der Waals surface area contributed by atoms with E-state index in [1.807, 2.05) is 0 Å². The summed E-state index contributed by atoms with van der Waals surface area (Å²) in [5, 5.41) is 6.53. The number of hydrogen-bond acceptors (Lipinski definition) is 3. The highest BCUT2D eigenvalue weighted by molar-refractivity contribution is 5.85. The Labute approximate surface area is 158 Å². The molecule has 0 aliphatic carbocycles. The first-order valence-electron chi connectivity index (χ1n) is 9.06. The molecule has 1 heterocycles. The zero-order valence-corrected chi connectivity index (χ0v) is 16.7. The van der Waals surface area contributed by atoms with Gasteiger partial charge in [0, 0.05) is 7.11 Å². The Morgan fingerprint density at radius 2 is 1.80 bits per heavy atom. The van der Waals surface area contributed by atoms with Crippen molar-refractivity contribution >= 4 is 18.3 Å². The summed E-state index contributed by atoms with van der Waals surface area (Å²) < 4.78 is 5.36. The Kier molecular flexibility index (Phi) is 8.91. The SMILES string of the molecule is COCC1(C(=O)NC(C)c2ccc(CC(C)C)cc2)CCNCC1.Cl. The van der Waals surface area contributed by atoms with E-state index in [9.17, 15) is 4.79 Å². The fourth-order valence-electron chi connectivity index (χ4n) is 3.47. The van der Waals surface area contributed by atoms with Gasteiger partial charge in [0.1, 0.15) is 0 Å². The van der Waals surface area contributed by atoms with Crippen LogP contribution in [0.25, 0.3) is 0 Å². The molecule has 1 saturated heterocycles. The highest BCUT2D eigenvalue weighted by atomic mass is 35.5. The molecule has 1 aromatic rings. The summed E-state index contributed by atoms with van der Waals surface area (Å²) in [5.74, 6) is 0.770. The molecule has 1 aliphatic heterocycles. The number of benzene rings is 1. The maximum Gasteiger partial charge on any atom is 0.229 e. The van der Waals surface area contributed by atoms with Crippen LogP contribution < -0.4 is 10.6 Å². The van der Waals surface area contributed by atoms with Gasteiger partial charge < -0.3 is 15.4 Å². The first-order chi connectivity index (χ1) is 11.5. The largest absolute Gasteiger partial charge is 0.384 e. The Hall–Kier alpha value is -1.10. The van der Waals surface area contributed by atoms with Gasteiger partial charge in [-0.3, -0.25) is 4.79 Å². The third-order valence-electron chi connectivity index (χ3n) is 4.93. The van der Waals surface area contributed by atoms with E-state index in [-0.39, 0.29) is 24.4 Å². The van der Waals surface area contributed by atoms with E-state index in [0.29, 0.717) is 12.5 Å². The molecule has 2 rings (SSSR count). The second kappa shape index (κ2) is 10.1. The number of methoxy groups -OCH3 is 1. The van der Waals surface area contributed by atoms with Gasteiger partial charge in [-0.25, -0.2) is 0 Å². The second-order valence-electron chi connectivity index (χ2n) is 7.50. The molecule has 5 heteroatoms. The topological polar surface area (TPSA) is 50.4 Å². The number of amides is 1. The molecule has 0 radical (unpaired) electrons. The molecule has 0 saturated carbocycles. The van der Waals surface area contributed by atoms with Crippen molar-refractivity contribution in [2.24, 2.45) is 11.3 Å². The highest BCUT2D eigenvalue weighted by Crippen LogP contribution is 2.30. The summed E-state index contributed by atoms with van der Waals surface area (Å²) in [6.45, 7) is 8.73. The van der Waals surface area contributed by atoms with Crippen molar-refractivity contribution in [3.8, 4) is 0 Å². The van der Waals surface area contributed by atoms with Crippen LogP contribution in [0.1, 0.15) is 50.8 Å². The molecule has 1 atom stereocenters. The Balaban J connectivity index is 0.00000312. The number of nitrogens with one attached hydrogen (secondary N) is 2. The first kappa shape index (κ1) is 21.9. The molecule has 25 heavy (non-hydrogen) atoms. The molecular formula is C20H33ClN2O2. The zero-order chi connectivity index (χ0) is 17.6. The number of ether oxygens (including phenoxy) is 1. The number of hydrogen-bond donors (Lipinski definition) is 2. The lowest BCUT2D eigenvalue weighted by atomic mass is 9.78. The van der Waals surface area contributed by atoms with E-state index in [4.69, 9.17) is 4.74 Å². The molecule has 1 aliphatic rings. The molecule has 1 fully saturated rings. The molecule has 1 aromatic carbocycles. The highest BCUT2D eigenvalue weighted by Gasteiger charge is 2.40. The average Bonchev–Trinajstić information content (AvgIpc) is 2.56. The van der Waals surface area contributed by atoms with Crippen LogP contribution in [0.3, 0.4) is 0 Å². The summed E-state index contributed by atoms with van der Waals surface area (Å²) in [6, 6.07) is 8.62. The lowest BCUT2D eigenvalue weighted by Gasteiger charge is -2.36. The molecule has 0 bridgehead atoms. The van der Waals surface area contributed by atoms with Crippen LogP contribution in [0.2, 0.25) is 0 Å². The van der Waals surface area contributed by atoms with Crippen LogP contribution in [-0.4, -0.2) is 32.7 Å². The van der Waals surface area contributed by atoms with Gasteiger partial charge in [0.05, 0.1) is 18.1 Å². The van der Waals surface area contributed by atoms with Crippen molar-refractivity contribution in [3.05, 3.63) is 35.4 Å². The minimum atomic E-state index is -0.397. The number of carbonyl (C=O) groups excluding carboxylic acids is 1. The lowest BCUT2D eigenvalue weighted by molar-refractivity contribution is -0.136. The normalized spacial score (nSPS) is 17.6. The standard InChI is InChI=1S/C20H32N2O2.ClH/c1-15(2)13-17-5-7-18(8-6-17)16(3)22-19(23)20(14-24-4)9-11-21-12-10-20;/h5-8,15-16,21H,9-14H2,1-4H3,(H,22,23);1H. The van der Waals surface area contributed by atoms with Gasteiger partial charge in [0.15, 0.2) is 0 Å². The quantitative estimate of drug-likeness (QED) is 0.774. The Morgan fingerprint density at radius 1 is 1.20 bits per heavy atom. The van der Waals surface area contributed by atoms with Crippen molar-refractivity contribution < 1.29 is 9.53 Å². The zero-order valence-electron chi connectivity index (χ0n) is 15.9. The summed E-state index contributed by atoms with van der Waals surface area (Å²) in [7, 11) is 1.67. The van der Waals surface area contributed by atoms with E-state index in [1.54, 1.807) is 7.11 Å². The number of halogens is 1. The van der Waals surface area contributed by atoms with Gasteiger partial charge in [0.25, 0.3) is 0 Å². The maximum absolute atomic E-state index is 12.9. The van der Waals surface area contributed by atoms with E-state index < -0.39 is 5.41 Å². The van der Waals surface area contributed by atoms with Crippen molar-refractivity contribution in [1.82, 2.24) is 10.6 Å². The van der Waals surface area contributed by atoms with E-state index >= 15 is 0 Å². The van der Waals surface area contributed by atoms with Crippen molar-refractivity contribution in [2.45, 2.75) is 46.1 Å². The molecule has 142 valence electrons. The third kappa shape index (κ3) is 5.98. The molecule has 0 aromatic heterocycles. The van der Waals surface area contributed by atoms with Gasteiger partial charge in [-0.15, -0.1) is 12.4 Å². The molecule has 2 N–H and O–H groups in total. The summed E-state index contributed by atoms with van der Waals surface area (Å²) >= 11 is 0. The van der Waals surface area contributed by atoms with Crippen LogP contribution >= 0.6 is 12.4 Å². The monoisotopic (exact) mass is 368 g/mol. The van der Waals surface area contributed by atoms with Gasteiger partial charge in [0.2, 0.25) is 5.91 Å². The van der Waals surface area contributed by atoms with Crippen LogP contribution in [-0.2, 0) is 16.0 Å². The Bertz CT molecular complexity index is 519.